The number of ketones is 1. The van der Waals surface area contributed by atoms with Crippen LogP contribution in [-0.2, 0) is 14.3 Å². The number of ether oxygens (including phenoxy) is 1. The topological polar surface area (TPSA) is 92.7 Å². The van der Waals surface area contributed by atoms with E-state index in [0.717, 1.165) is 0 Å². The Balaban J connectivity index is 3.15. The molecule has 0 radical (unpaired) electrons. The van der Waals surface area contributed by atoms with Crippen LogP contribution in [0.15, 0.2) is 18.2 Å². The van der Waals surface area contributed by atoms with Crippen LogP contribution in [0, 0.1) is 0 Å². The molecule has 0 saturated carbocycles. The van der Waals surface area contributed by atoms with E-state index in [1.807, 2.05) is 0 Å². The fraction of sp³-hybridized carbons (Fsp3) is 0.250. The summed E-state index contributed by atoms with van der Waals surface area (Å²) in [5.74, 6) is -2.71. The number of amides is 1. The van der Waals surface area contributed by atoms with Gasteiger partial charge in [0.2, 0.25) is 5.91 Å². The first-order valence-corrected chi connectivity index (χ1v) is 5.28. The van der Waals surface area contributed by atoms with Crippen LogP contribution in [0.3, 0.4) is 0 Å². The standard InChI is InChI=1S/C12H13NO5/c1-3-18-12(17)11(16)8-5-4-6-9(15)10(8)13-7(2)14/h4-6,15H,3H2,1-2H3,(H,13,14). The smallest absolute Gasteiger partial charge is 0.379 e. The van der Waals surface area contributed by atoms with E-state index in [9.17, 15) is 19.5 Å². The molecule has 0 unspecified atom stereocenters. The van der Waals surface area contributed by atoms with Gasteiger partial charge in [-0.25, -0.2) is 4.79 Å². The Hall–Kier alpha value is -2.37. The number of phenols is 1. The highest BCUT2D eigenvalue weighted by molar-refractivity contribution is 6.42. The van der Waals surface area contributed by atoms with Crippen molar-refractivity contribution in [2.75, 3.05) is 11.9 Å². The lowest BCUT2D eigenvalue weighted by atomic mass is 10.1. The summed E-state index contributed by atoms with van der Waals surface area (Å²) in [7, 11) is 0. The predicted molar refractivity (Wildman–Crippen MR) is 63.4 cm³/mol. The Morgan fingerprint density at radius 2 is 2.00 bits per heavy atom. The number of hydrogen-bond acceptors (Lipinski definition) is 5. The summed E-state index contributed by atoms with van der Waals surface area (Å²) in [5, 5.41) is 11.9. The van der Waals surface area contributed by atoms with Gasteiger partial charge in [0, 0.05) is 6.92 Å². The number of para-hydroxylation sites is 1. The first kappa shape index (κ1) is 13.7. The molecule has 0 spiro atoms. The van der Waals surface area contributed by atoms with Gasteiger partial charge in [0.05, 0.1) is 17.9 Å². The molecule has 0 aliphatic heterocycles. The van der Waals surface area contributed by atoms with E-state index in [-0.39, 0.29) is 23.6 Å². The summed E-state index contributed by atoms with van der Waals surface area (Å²) in [6, 6.07) is 4.02. The highest BCUT2D eigenvalue weighted by Crippen LogP contribution is 2.27. The molecule has 96 valence electrons. The van der Waals surface area contributed by atoms with Crippen molar-refractivity contribution in [1.82, 2.24) is 0 Å². The van der Waals surface area contributed by atoms with Crippen molar-refractivity contribution < 1.29 is 24.2 Å². The maximum Gasteiger partial charge on any atom is 0.379 e. The molecule has 0 bridgehead atoms. The second-order valence-electron chi connectivity index (χ2n) is 3.43. The van der Waals surface area contributed by atoms with Gasteiger partial charge in [0.15, 0.2) is 0 Å². The molecule has 0 aliphatic rings. The summed E-state index contributed by atoms with van der Waals surface area (Å²) in [5.41, 5.74) is -0.202. The maximum absolute atomic E-state index is 11.8. The van der Waals surface area contributed by atoms with Crippen LogP contribution >= 0.6 is 0 Å². The first-order chi connectivity index (χ1) is 8.47. The molecule has 6 heteroatoms. The monoisotopic (exact) mass is 251 g/mol. The molecule has 18 heavy (non-hydrogen) atoms. The number of carbonyl (C=O) groups is 3. The molecule has 0 aromatic heterocycles. The number of nitrogens with one attached hydrogen (secondary N) is 1. The lowest BCUT2D eigenvalue weighted by molar-refractivity contribution is -0.137. The van der Waals surface area contributed by atoms with Gasteiger partial charge in [-0.15, -0.1) is 0 Å². The number of hydrogen-bond donors (Lipinski definition) is 2. The molecule has 6 nitrogen and oxygen atoms in total. The SMILES string of the molecule is CCOC(=O)C(=O)c1cccc(O)c1NC(C)=O. The van der Waals surface area contributed by atoms with Gasteiger partial charge in [-0.1, -0.05) is 6.07 Å². The normalized spacial score (nSPS) is 9.67. The molecule has 0 atom stereocenters. The Bertz CT molecular complexity index is 495. The molecule has 1 amide bonds. The largest absolute Gasteiger partial charge is 0.506 e. The summed E-state index contributed by atoms with van der Waals surface area (Å²) >= 11 is 0. The second-order valence-corrected chi connectivity index (χ2v) is 3.43. The van der Waals surface area contributed by atoms with Crippen LogP contribution in [0.25, 0.3) is 0 Å². The van der Waals surface area contributed by atoms with Gasteiger partial charge in [-0.3, -0.25) is 9.59 Å². The number of rotatable bonds is 4. The van der Waals surface area contributed by atoms with E-state index >= 15 is 0 Å². The third-order valence-electron chi connectivity index (χ3n) is 2.05. The minimum atomic E-state index is -1.03. The van der Waals surface area contributed by atoms with Crippen LogP contribution in [-0.4, -0.2) is 29.4 Å². The molecule has 0 fully saturated rings. The molecule has 1 aromatic carbocycles. The number of aromatic hydroxyl groups is 1. The van der Waals surface area contributed by atoms with Crippen molar-refractivity contribution in [3.05, 3.63) is 23.8 Å². The first-order valence-electron chi connectivity index (χ1n) is 5.28. The van der Waals surface area contributed by atoms with Crippen molar-refractivity contribution in [3.8, 4) is 5.75 Å². The van der Waals surface area contributed by atoms with Crippen molar-refractivity contribution in [1.29, 1.82) is 0 Å². The Kier molecular flexibility index (Phi) is 4.42. The number of Topliss-reactive ketones (excluding diaryl/α,β-unsaturated/α-hetero) is 1. The zero-order valence-electron chi connectivity index (χ0n) is 10.0. The molecular weight excluding hydrogens is 238 g/mol. The average molecular weight is 251 g/mol. The fourth-order valence-electron chi connectivity index (χ4n) is 1.34. The number of esters is 1. The lowest BCUT2D eigenvalue weighted by Crippen LogP contribution is -2.20. The highest BCUT2D eigenvalue weighted by Gasteiger charge is 2.23. The average Bonchev–Trinajstić information content (AvgIpc) is 2.30. The second kappa shape index (κ2) is 5.81. The molecule has 1 rings (SSSR count). The zero-order chi connectivity index (χ0) is 13.7. The van der Waals surface area contributed by atoms with Gasteiger partial charge < -0.3 is 15.2 Å². The number of benzene rings is 1. The Labute approximate surface area is 104 Å². The number of anilines is 1. The van der Waals surface area contributed by atoms with Crippen LogP contribution in [0.1, 0.15) is 24.2 Å². The third-order valence-corrected chi connectivity index (χ3v) is 2.05. The summed E-state index contributed by atoms with van der Waals surface area (Å²) < 4.78 is 4.58. The van der Waals surface area contributed by atoms with Crippen molar-refractivity contribution in [2.45, 2.75) is 13.8 Å². The van der Waals surface area contributed by atoms with Crippen molar-refractivity contribution in [3.63, 3.8) is 0 Å². The van der Waals surface area contributed by atoms with Crippen molar-refractivity contribution >= 4 is 23.3 Å². The van der Waals surface area contributed by atoms with Gasteiger partial charge in [0.25, 0.3) is 5.78 Å². The van der Waals surface area contributed by atoms with E-state index in [4.69, 9.17) is 0 Å². The Morgan fingerprint density at radius 3 is 2.56 bits per heavy atom. The van der Waals surface area contributed by atoms with E-state index < -0.39 is 17.7 Å². The summed E-state index contributed by atoms with van der Waals surface area (Å²) in [4.78, 5) is 34.1. The minimum absolute atomic E-state index is 0.0683. The van der Waals surface area contributed by atoms with Crippen molar-refractivity contribution in [2.24, 2.45) is 0 Å². The maximum atomic E-state index is 11.8. The molecule has 0 aliphatic carbocycles. The van der Waals surface area contributed by atoms with Gasteiger partial charge >= 0.3 is 5.97 Å². The minimum Gasteiger partial charge on any atom is -0.506 e. The van der Waals surface area contributed by atoms with Crippen LogP contribution < -0.4 is 5.32 Å². The third kappa shape index (κ3) is 3.07. The zero-order valence-corrected chi connectivity index (χ0v) is 10.0. The van der Waals surface area contributed by atoms with Crippen LogP contribution in [0.2, 0.25) is 0 Å². The fourth-order valence-corrected chi connectivity index (χ4v) is 1.34. The molecule has 1 aromatic rings. The predicted octanol–water partition coefficient (Wildman–Crippen LogP) is 1.10. The van der Waals surface area contributed by atoms with E-state index in [1.165, 1.54) is 25.1 Å². The highest BCUT2D eigenvalue weighted by atomic mass is 16.5. The molecular formula is C12H13NO5. The molecule has 0 saturated heterocycles. The van der Waals surface area contributed by atoms with E-state index in [2.05, 4.69) is 10.1 Å². The number of carbonyl (C=O) groups excluding carboxylic acids is 3. The van der Waals surface area contributed by atoms with E-state index in [1.54, 1.807) is 6.92 Å². The quantitative estimate of drug-likeness (QED) is 0.362. The van der Waals surface area contributed by atoms with E-state index in [0.29, 0.717) is 0 Å². The summed E-state index contributed by atoms with van der Waals surface area (Å²) in [6.45, 7) is 2.87. The van der Waals surface area contributed by atoms with Gasteiger partial charge in [0.1, 0.15) is 5.75 Å². The molecule has 2 N–H and O–H groups in total. The van der Waals surface area contributed by atoms with Crippen LogP contribution in [0.4, 0.5) is 5.69 Å². The lowest BCUT2D eigenvalue weighted by Gasteiger charge is -2.10. The van der Waals surface area contributed by atoms with Gasteiger partial charge in [-0.2, -0.15) is 0 Å². The summed E-state index contributed by atoms with van der Waals surface area (Å²) in [6.07, 6.45) is 0. The molecule has 0 heterocycles. The number of phenolic OH excluding ortho intramolecular Hbond substituents is 1. The Morgan fingerprint density at radius 1 is 1.33 bits per heavy atom. The van der Waals surface area contributed by atoms with Gasteiger partial charge in [-0.05, 0) is 19.1 Å². The van der Waals surface area contributed by atoms with Crippen LogP contribution in [0.5, 0.6) is 5.75 Å².